The Labute approximate surface area is 74.1 Å². The van der Waals surface area contributed by atoms with Crippen molar-refractivity contribution in [3.63, 3.8) is 0 Å². The van der Waals surface area contributed by atoms with Gasteiger partial charge < -0.3 is 15.5 Å². The van der Waals surface area contributed by atoms with Crippen LogP contribution >= 0.6 is 11.8 Å². The molecule has 1 rings (SSSR count). The second-order valence-corrected chi connectivity index (χ2v) is 3.20. The summed E-state index contributed by atoms with van der Waals surface area (Å²) >= 11 is 2.03. The van der Waals surface area contributed by atoms with Crippen LogP contribution in [-0.2, 0) is 9.59 Å². The molecule has 6 heteroatoms. The van der Waals surface area contributed by atoms with Gasteiger partial charge in [0.1, 0.15) is 0 Å². The zero-order valence-electron chi connectivity index (χ0n) is 6.45. The van der Waals surface area contributed by atoms with Gasteiger partial charge in [0.25, 0.3) is 0 Å². The summed E-state index contributed by atoms with van der Waals surface area (Å²) in [6.07, 6.45) is 0. The summed E-state index contributed by atoms with van der Waals surface area (Å²) in [6.45, 7) is 2.43. The lowest BCUT2D eigenvalue weighted by Crippen LogP contribution is -2.24. The summed E-state index contributed by atoms with van der Waals surface area (Å²) in [4.78, 5) is 18.2. The Kier molecular flexibility index (Phi) is 6.50. The summed E-state index contributed by atoms with van der Waals surface area (Å²) in [5.74, 6) is -1.04. The lowest BCUT2D eigenvalue weighted by atomic mass is 10.6. The highest BCUT2D eigenvalue weighted by molar-refractivity contribution is 7.99. The molecule has 1 aliphatic heterocycles. The third-order valence-corrected chi connectivity index (χ3v) is 2.01. The Balaban J connectivity index is 0.000000202. The fourth-order valence-electron chi connectivity index (χ4n) is 0.516. The number of hydrogen-bond acceptors (Lipinski definition) is 4. The molecule has 12 heavy (non-hydrogen) atoms. The quantitative estimate of drug-likeness (QED) is 0.449. The summed E-state index contributed by atoms with van der Waals surface area (Å²) in [5.41, 5.74) is 0. The van der Waals surface area contributed by atoms with Crippen LogP contribution < -0.4 is 5.32 Å². The molecule has 0 radical (unpaired) electrons. The minimum Gasteiger partial charge on any atom is -0.473 e. The Morgan fingerprint density at radius 3 is 1.58 bits per heavy atom. The van der Waals surface area contributed by atoms with Gasteiger partial charge in [0, 0.05) is 24.6 Å². The molecule has 70 valence electrons. The first-order valence-electron chi connectivity index (χ1n) is 3.39. The lowest BCUT2D eigenvalue weighted by Gasteiger charge is -2.08. The van der Waals surface area contributed by atoms with E-state index in [1.54, 1.807) is 0 Å². The van der Waals surface area contributed by atoms with Crippen molar-refractivity contribution in [3.05, 3.63) is 0 Å². The molecule has 1 fully saturated rings. The zero-order valence-corrected chi connectivity index (χ0v) is 7.26. The number of carboxylic acids is 2. The number of thioether (sulfide) groups is 1. The van der Waals surface area contributed by atoms with Crippen LogP contribution in [0.1, 0.15) is 0 Å². The van der Waals surface area contributed by atoms with Gasteiger partial charge in [0.2, 0.25) is 0 Å². The maximum Gasteiger partial charge on any atom is 0.414 e. The van der Waals surface area contributed by atoms with Crippen molar-refractivity contribution < 1.29 is 19.8 Å². The highest BCUT2D eigenvalue weighted by Crippen LogP contribution is 1.99. The fraction of sp³-hybridized carbons (Fsp3) is 0.667. The average molecular weight is 193 g/mol. The van der Waals surface area contributed by atoms with Crippen LogP contribution in [0.5, 0.6) is 0 Å². The van der Waals surface area contributed by atoms with E-state index in [9.17, 15) is 0 Å². The molecule has 3 N–H and O–H groups in total. The first kappa shape index (κ1) is 11.2. The maximum atomic E-state index is 9.10. The number of carboxylic acid groups (broad SMARTS) is 2. The van der Waals surface area contributed by atoms with E-state index in [4.69, 9.17) is 19.8 Å². The second-order valence-electron chi connectivity index (χ2n) is 1.97. The van der Waals surface area contributed by atoms with Gasteiger partial charge in [0.05, 0.1) is 0 Å². The Hall–Kier alpha value is -0.750. The normalized spacial score (nSPS) is 15.7. The Morgan fingerprint density at radius 2 is 1.50 bits per heavy atom. The predicted molar refractivity (Wildman–Crippen MR) is 45.5 cm³/mol. The molecule has 0 unspecified atom stereocenters. The predicted octanol–water partition coefficient (Wildman–Crippen LogP) is -0.522. The summed E-state index contributed by atoms with van der Waals surface area (Å²) < 4.78 is 0. The molecule has 0 aromatic rings. The molecule has 0 aromatic heterocycles. The number of nitrogens with one attached hydrogen (secondary N) is 1. The molecule has 1 heterocycles. The van der Waals surface area contributed by atoms with Crippen molar-refractivity contribution >= 4 is 23.7 Å². The largest absolute Gasteiger partial charge is 0.473 e. The molecule has 1 aliphatic rings. The van der Waals surface area contributed by atoms with Gasteiger partial charge in [-0.05, 0) is 0 Å². The lowest BCUT2D eigenvalue weighted by molar-refractivity contribution is -0.159. The van der Waals surface area contributed by atoms with E-state index in [-0.39, 0.29) is 0 Å². The first-order chi connectivity index (χ1) is 5.64. The fourth-order valence-corrected chi connectivity index (χ4v) is 1.30. The number of carbonyl (C=O) groups is 2. The van der Waals surface area contributed by atoms with Gasteiger partial charge in [-0.1, -0.05) is 0 Å². The Morgan fingerprint density at radius 1 is 1.08 bits per heavy atom. The van der Waals surface area contributed by atoms with E-state index in [1.807, 2.05) is 11.8 Å². The van der Waals surface area contributed by atoms with E-state index in [1.165, 1.54) is 24.6 Å². The van der Waals surface area contributed by atoms with Gasteiger partial charge >= 0.3 is 11.9 Å². The minimum atomic E-state index is -1.82. The highest BCUT2D eigenvalue weighted by Gasteiger charge is 2.04. The summed E-state index contributed by atoms with van der Waals surface area (Å²) in [7, 11) is 0. The van der Waals surface area contributed by atoms with E-state index < -0.39 is 11.9 Å². The van der Waals surface area contributed by atoms with Crippen LogP contribution in [0.25, 0.3) is 0 Å². The van der Waals surface area contributed by atoms with Crippen molar-refractivity contribution in [3.8, 4) is 0 Å². The van der Waals surface area contributed by atoms with Gasteiger partial charge in [0.15, 0.2) is 0 Å². The SMILES string of the molecule is C1CSCCN1.O=C(O)C(=O)O. The molecule has 0 aliphatic carbocycles. The molecular weight excluding hydrogens is 182 g/mol. The van der Waals surface area contributed by atoms with Crippen molar-refractivity contribution in [2.75, 3.05) is 24.6 Å². The van der Waals surface area contributed by atoms with Gasteiger partial charge in [-0.15, -0.1) is 0 Å². The van der Waals surface area contributed by atoms with Crippen LogP contribution in [0.15, 0.2) is 0 Å². The third kappa shape index (κ3) is 7.36. The van der Waals surface area contributed by atoms with Crippen molar-refractivity contribution in [2.24, 2.45) is 0 Å². The van der Waals surface area contributed by atoms with Gasteiger partial charge in [-0.2, -0.15) is 11.8 Å². The van der Waals surface area contributed by atoms with Gasteiger partial charge in [-0.3, -0.25) is 0 Å². The van der Waals surface area contributed by atoms with Crippen molar-refractivity contribution in [1.82, 2.24) is 5.32 Å². The highest BCUT2D eigenvalue weighted by atomic mass is 32.2. The smallest absolute Gasteiger partial charge is 0.414 e. The molecule has 0 aromatic carbocycles. The van der Waals surface area contributed by atoms with Crippen LogP contribution in [0.4, 0.5) is 0 Å². The van der Waals surface area contributed by atoms with Gasteiger partial charge in [-0.25, -0.2) is 9.59 Å². The third-order valence-electron chi connectivity index (χ3n) is 1.03. The van der Waals surface area contributed by atoms with Crippen molar-refractivity contribution in [1.29, 1.82) is 0 Å². The first-order valence-corrected chi connectivity index (χ1v) is 4.54. The van der Waals surface area contributed by atoms with Crippen LogP contribution in [0.3, 0.4) is 0 Å². The van der Waals surface area contributed by atoms with E-state index in [0.717, 1.165) is 0 Å². The average Bonchev–Trinajstić information content (AvgIpc) is 2.08. The van der Waals surface area contributed by atoms with E-state index in [0.29, 0.717) is 0 Å². The van der Waals surface area contributed by atoms with E-state index >= 15 is 0 Å². The summed E-state index contributed by atoms with van der Waals surface area (Å²) in [6, 6.07) is 0. The molecule has 0 atom stereocenters. The number of hydrogen-bond donors (Lipinski definition) is 3. The van der Waals surface area contributed by atoms with E-state index in [2.05, 4.69) is 5.32 Å². The monoisotopic (exact) mass is 193 g/mol. The molecule has 0 bridgehead atoms. The van der Waals surface area contributed by atoms with Crippen LogP contribution in [-0.4, -0.2) is 46.7 Å². The minimum absolute atomic E-state index is 1.21. The van der Waals surface area contributed by atoms with Crippen LogP contribution in [0.2, 0.25) is 0 Å². The van der Waals surface area contributed by atoms with Crippen LogP contribution in [0, 0.1) is 0 Å². The molecule has 5 nitrogen and oxygen atoms in total. The summed E-state index contributed by atoms with van der Waals surface area (Å²) in [5, 5.41) is 18.0. The molecule has 0 saturated carbocycles. The topological polar surface area (TPSA) is 86.6 Å². The zero-order chi connectivity index (χ0) is 9.40. The molecule has 1 saturated heterocycles. The van der Waals surface area contributed by atoms with Crippen molar-refractivity contribution in [2.45, 2.75) is 0 Å². The maximum absolute atomic E-state index is 9.10. The molecule has 0 amide bonds. The number of rotatable bonds is 0. The number of aliphatic carboxylic acids is 2. The second kappa shape index (κ2) is 6.93. The molecule has 0 spiro atoms. The standard InChI is InChI=1S/C4H9NS.C2H2O4/c1-3-6-4-2-5-1;3-1(4)2(5)6/h5H,1-4H2;(H,3,4)(H,5,6). The molecular formula is C6H11NO4S. The Bertz CT molecular complexity index is 134.